The lowest BCUT2D eigenvalue weighted by atomic mass is 9.86. The van der Waals surface area contributed by atoms with E-state index >= 15 is 0 Å². The molecule has 0 spiro atoms. The van der Waals surface area contributed by atoms with Crippen LogP contribution < -0.4 is 5.32 Å². The van der Waals surface area contributed by atoms with Crippen molar-refractivity contribution < 1.29 is 4.79 Å². The molecule has 0 bridgehead atoms. The van der Waals surface area contributed by atoms with Gasteiger partial charge in [0.2, 0.25) is 5.91 Å². The molecule has 1 aromatic carbocycles. The second-order valence-corrected chi connectivity index (χ2v) is 6.61. The van der Waals surface area contributed by atoms with E-state index in [4.69, 9.17) is 0 Å². The van der Waals surface area contributed by atoms with Crippen LogP contribution in [0.1, 0.15) is 26.3 Å². The van der Waals surface area contributed by atoms with Crippen LogP contribution in [0.2, 0.25) is 0 Å². The Hall–Kier alpha value is -1.88. The lowest BCUT2D eigenvalue weighted by Gasteiger charge is -2.22. The van der Waals surface area contributed by atoms with E-state index in [1.54, 1.807) is 18.5 Å². The summed E-state index contributed by atoms with van der Waals surface area (Å²) < 4.78 is 0. The molecule has 0 saturated heterocycles. The summed E-state index contributed by atoms with van der Waals surface area (Å²) in [6.45, 7) is 6.39. The molecule has 21 heavy (non-hydrogen) atoms. The maximum Gasteiger partial charge on any atom is 0.234 e. The minimum absolute atomic E-state index is 0.0143. The van der Waals surface area contributed by atoms with Crippen molar-refractivity contribution in [3.8, 4) is 0 Å². The quantitative estimate of drug-likeness (QED) is 0.693. The molecule has 1 amide bonds. The maximum atomic E-state index is 12.1. The van der Waals surface area contributed by atoms with Gasteiger partial charge in [-0.05, 0) is 23.1 Å². The van der Waals surface area contributed by atoms with E-state index in [-0.39, 0.29) is 11.3 Å². The van der Waals surface area contributed by atoms with Gasteiger partial charge in [-0.3, -0.25) is 4.79 Å². The zero-order valence-electron chi connectivity index (χ0n) is 12.5. The van der Waals surface area contributed by atoms with Crippen LogP contribution in [0.4, 0.5) is 5.69 Å². The van der Waals surface area contributed by atoms with Crippen LogP contribution in [0.15, 0.2) is 47.9 Å². The standard InChI is InChI=1S/C16H19N3OS/c1-16(2,3)12-7-4-5-8-13(12)19-14(20)11-21-15-17-9-6-10-18-15/h4-10H,11H2,1-3H3,(H,19,20). The lowest BCUT2D eigenvalue weighted by Crippen LogP contribution is -2.19. The molecule has 110 valence electrons. The van der Waals surface area contributed by atoms with E-state index in [9.17, 15) is 4.79 Å². The third kappa shape index (κ3) is 4.56. The summed E-state index contributed by atoms with van der Waals surface area (Å²) in [6.07, 6.45) is 3.34. The van der Waals surface area contributed by atoms with Crippen LogP contribution in [0, 0.1) is 0 Å². The molecule has 0 saturated carbocycles. The fraction of sp³-hybridized carbons (Fsp3) is 0.312. The number of hydrogen-bond acceptors (Lipinski definition) is 4. The number of benzene rings is 1. The van der Waals surface area contributed by atoms with Gasteiger partial charge in [-0.1, -0.05) is 50.7 Å². The molecule has 0 aliphatic carbocycles. The summed E-state index contributed by atoms with van der Waals surface area (Å²) >= 11 is 1.33. The number of thioether (sulfide) groups is 1. The molecule has 0 aliphatic heterocycles. The third-order valence-corrected chi connectivity index (χ3v) is 3.76. The lowest BCUT2D eigenvalue weighted by molar-refractivity contribution is -0.113. The van der Waals surface area contributed by atoms with Crippen molar-refractivity contribution in [1.29, 1.82) is 0 Å². The zero-order valence-corrected chi connectivity index (χ0v) is 13.3. The van der Waals surface area contributed by atoms with Gasteiger partial charge in [0.25, 0.3) is 0 Å². The molecule has 2 rings (SSSR count). The van der Waals surface area contributed by atoms with Crippen LogP contribution in [0.5, 0.6) is 0 Å². The number of carbonyl (C=O) groups is 1. The van der Waals surface area contributed by atoms with Crippen molar-refractivity contribution in [1.82, 2.24) is 9.97 Å². The number of carbonyl (C=O) groups excluding carboxylic acids is 1. The summed E-state index contributed by atoms with van der Waals surface area (Å²) in [4.78, 5) is 20.3. The number of para-hydroxylation sites is 1. The first-order chi connectivity index (χ1) is 9.97. The Morgan fingerprint density at radius 1 is 1.14 bits per heavy atom. The molecular formula is C16H19N3OS. The Labute approximate surface area is 129 Å². The minimum Gasteiger partial charge on any atom is -0.325 e. The van der Waals surface area contributed by atoms with E-state index in [1.165, 1.54) is 11.8 Å². The smallest absolute Gasteiger partial charge is 0.234 e. The monoisotopic (exact) mass is 301 g/mol. The van der Waals surface area contributed by atoms with Crippen molar-refractivity contribution >= 4 is 23.4 Å². The van der Waals surface area contributed by atoms with Crippen LogP contribution >= 0.6 is 11.8 Å². The Kier molecular flexibility index (Phi) is 4.96. The summed E-state index contributed by atoms with van der Waals surface area (Å²) in [6, 6.07) is 9.65. The molecule has 0 radical (unpaired) electrons. The van der Waals surface area contributed by atoms with Gasteiger partial charge in [-0.15, -0.1) is 0 Å². The van der Waals surface area contributed by atoms with Gasteiger partial charge < -0.3 is 5.32 Å². The van der Waals surface area contributed by atoms with Crippen molar-refractivity contribution in [2.24, 2.45) is 0 Å². The summed E-state index contributed by atoms with van der Waals surface area (Å²) in [5.74, 6) is 0.242. The number of nitrogens with zero attached hydrogens (tertiary/aromatic N) is 2. The molecule has 1 aromatic heterocycles. The average molecular weight is 301 g/mol. The highest BCUT2D eigenvalue weighted by atomic mass is 32.2. The summed E-state index contributed by atoms with van der Waals surface area (Å²) in [7, 11) is 0. The first-order valence-corrected chi connectivity index (χ1v) is 7.74. The van der Waals surface area contributed by atoms with E-state index in [0.717, 1.165) is 11.3 Å². The van der Waals surface area contributed by atoms with Crippen molar-refractivity contribution in [3.05, 3.63) is 48.3 Å². The number of amides is 1. The normalized spacial score (nSPS) is 11.2. The number of hydrogen-bond donors (Lipinski definition) is 1. The highest BCUT2D eigenvalue weighted by Gasteiger charge is 2.18. The van der Waals surface area contributed by atoms with Crippen LogP contribution in [0.3, 0.4) is 0 Å². The molecule has 0 unspecified atom stereocenters. The Bertz CT molecular complexity index is 608. The fourth-order valence-corrected chi connectivity index (χ4v) is 2.53. The van der Waals surface area contributed by atoms with Crippen molar-refractivity contribution in [3.63, 3.8) is 0 Å². The Morgan fingerprint density at radius 2 is 1.81 bits per heavy atom. The number of anilines is 1. The molecule has 1 heterocycles. The first kappa shape index (κ1) is 15.5. The predicted molar refractivity (Wildman–Crippen MR) is 86.5 cm³/mol. The van der Waals surface area contributed by atoms with E-state index in [0.29, 0.717) is 10.9 Å². The van der Waals surface area contributed by atoms with Gasteiger partial charge in [-0.25, -0.2) is 9.97 Å². The zero-order chi connectivity index (χ0) is 15.3. The van der Waals surface area contributed by atoms with Gasteiger partial charge in [0.15, 0.2) is 5.16 Å². The van der Waals surface area contributed by atoms with Crippen LogP contribution in [-0.4, -0.2) is 21.6 Å². The fourth-order valence-electron chi connectivity index (χ4n) is 1.92. The predicted octanol–water partition coefficient (Wildman–Crippen LogP) is 3.50. The highest BCUT2D eigenvalue weighted by molar-refractivity contribution is 7.99. The van der Waals surface area contributed by atoms with E-state index in [1.807, 2.05) is 24.3 Å². The Morgan fingerprint density at radius 3 is 2.48 bits per heavy atom. The minimum atomic E-state index is -0.0517. The van der Waals surface area contributed by atoms with Crippen molar-refractivity contribution in [2.75, 3.05) is 11.1 Å². The third-order valence-electron chi connectivity index (χ3n) is 2.88. The largest absolute Gasteiger partial charge is 0.325 e. The second-order valence-electron chi connectivity index (χ2n) is 5.66. The topological polar surface area (TPSA) is 54.9 Å². The molecular weight excluding hydrogens is 282 g/mol. The first-order valence-electron chi connectivity index (χ1n) is 6.76. The van der Waals surface area contributed by atoms with Crippen LogP contribution in [0.25, 0.3) is 0 Å². The summed E-state index contributed by atoms with van der Waals surface area (Å²) in [5, 5.41) is 3.58. The molecule has 0 aliphatic rings. The SMILES string of the molecule is CC(C)(C)c1ccccc1NC(=O)CSc1ncccn1. The van der Waals surface area contributed by atoms with Crippen molar-refractivity contribution in [2.45, 2.75) is 31.3 Å². The number of aromatic nitrogens is 2. The molecule has 5 heteroatoms. The molecule has 0 fully saturated rings. The second kappa shape index (κ2) is 6.72. The van der Waals surface area contributed by atoms with E-state index in [2.05, 4.69) is 36.1 Å². The van der Waals surface area contributed by atoms with Gasteiger partial charge in [0.05, 0.1) is 5.75 Å². The van der Waals surface area contributed by atoms with E-state index < -0.39 is 0 Å². The Balaban J connectivity index is 2.00. The maximum absolute atomic E-state index is 12.1. The number of nitrogens with one attached hydrogen (secondary N) is 1. The highest BCUT2D eigenvalue weighted by Crippen LogP contribution is 2.29. The molecule has 0 atom stereocenters. The average Bonchev–Trinajstić information content (AvgIpc) is 2.46. The van der Waals surface area contributed by atoms with Gasteiger partial charge in [0, 0.05) is 18.1 Å². The molecule has 1 N–H and O–H groups in total. The van der Waals surface area contributed by atoms with Gasteiger partial charge in [-0.2, -0.15) is 0 Å². The van der Waals surface area contributed by atoms with Gasteiger partial charge in [0.1, 0.15) is 0 Å². The number of rotatable bonds is 4. The van der Waals surface area contributed by atoms with Gasteiger partial charge >= 0.3 is 0 Å². The molecule has 4 nitrogen and oxygen atoms in total. The van der Waals surface area contributed by atoms with Crippen LogP contribution in [-0.2, 0) is 10.2 Å². The summed E-state index contributed by atoms with van der Waals surface area (Å²) in [5.41, 5.74) is 1.98. The molecule has 2 aromatic rings.